The number of fused-ring (bicyclic) bond motifs is 1. The summed E-state index contributed by atoms with van der Waals surface area (Å²) in [4.78, 5) is 15.9. The number of hydrogen-bond acceptors (Lipinski definition) is 5. The van der Waals surface area contributed by atoms with Gasteiger partial charge < -0.3 is 20.3 Å². The highest BCUT2D eigenvalue weighted by atomic mass is 16.5. The molecule has 128 valence electrons. The molecule has 1 aliphatic carbocycles. The largest absolute Gasteiger partial charge is 0.490 e. The molecular weight excluding hydrogens is 308 g/mol. The number of carboxylic acid groups (broad SMARTS) is 1. The lowest BCUT2D eigenvalue weighted by atomic mass is 9.95. The van der Waals surface area contributed by atoms with Gasteiger partial charge in [0, 0.05) is 7.11 Å². The molecule has 1 aromatic heterocycles. The number of methoxy groups -OCH3 is 1. The first-order valence-electron chi connectivity index (χ1n) is 8.12. The molecule has 0 spiro atoms. The third kappa shape index (κ3) is 3.01. The number of aromatic nitrogens is 1. The first-order chi connectivity index (χ1) is 11.5. The van der Waals surface area contributed by atoms with Crippen molar-refractivity contribution in [1.82, 2.24) is 4.98 Å². The van der Waals surface area contributed by atoms with Crippen molar-refractivity contribution in [1.29, 1.82) is 0 Å². The van der Waals surface area contributed by atoms with Crippen LogP contribution in [-0.4, -0.2) is 35.4 Å². The number of carbonyl (C=O) groups is 1. The number of aryl methyl sites for hydroxylation is 1. The normalized spacial score (nSPS) is 20.9. The van der Waals surface area contributed by atoms with E-state index in [9.17, 15) is 9.90 Å². The highest BCUT2D eigenvalue weighted by Gasteiger charge is 2.24. The first-order valence-corrected chi connectivity index (χ1v) is 8.12. The smallest absolute Gasteiger partial charge is 0.339 e. The van der Waals surface area contributed by atoms with Crippen molar-refractivity contribution in [2.45, 2.75) is 44.8 Å². The maximum Gasteiger partial charge on any atom is 0.339 e. The first kappa shape index (κ1) is 16.5. The second kappa shape index (κ2) is 6.65. The van der Waals surface area contributed by atoms with Crippen LogP contribution in [0.15, 0.2) is 18.2 Å². The van der Waals surface area contributed by atoms with Crippen molar-refractivity contribution in [2.75, 3.05) is 12.8 Å². The molecule has 0 atom stereocenters. The molecule has 0 bridgehead atoms. The van der Waals surface area contributed by atoms with E-state index in [4.69, 9.17) is 15.2 Å². The molecule has 0 amide bonds. The zero-order valence-electron chi connectivity index (χ0n) is 13.9. The predicted molar refractivity (Wildman–Crippen MR) is 91.5 cm³/mol. The number of anilines is 1. The van der Waals surface area contributed by atoms with Crippen molar-refractivity contribution in [3.8, 4) is 5.75 Å². The van der Waals surface area contributed by atoms with Crippen LogP contribution < -0.4 is 10.5 Å². The minimum atomic E-state index is -1.07. The van der Waals surface area contributed by atoms with E-state index in [0.717, 1.165) is 25.7 Å². The van der Waals surface area contributed by atoms with Gasteiger partial charge in [-0.05, 0) is 44.7 Å². The molecule has 0 saturated heterocycles. The van der Waals surface area contributed by atoms with Gasteiger partial charge in [-0.2, -0.15) is 0 Å². The Balaban J connectivity index is 1.97. The molecule has 0 aliphatic heterocycles. The summed E-state index contributed by atoms with van der Waals surface area (Å²) in [5, 5.41) is 9.98. The monoisotopic (exact) mass is 330 g/mol. The van der Waals surface area contributed by atoms with E-state index >= 15 is 0 Å². The summed E-state index contributed by atoms with van der Waals surface area (Å²) in [5.41, 5.74) is 7.47. The van der Waals surface area contributed by atoms with Gasteiger partial charge >= 0.3 is 5.97 Å². The Morgan fingerprint density at radius 1 is 1.25 bits per heavy atom. The number of benzene rings is 1. The molecule has 1 aromatic carbocycles. The molecule has 3 N–H and O–H groups in total. The number of aromatic carboxylic acids is 1. The Hall–Kier alpha value is -2.34. The van der Waals surface area contributed by atoms with E-state index in [1.165, 1.54) is 0 Å². The highest BCUT2D eigenvalue weighted by Crippen LogP contribution is 2.35. The summed E-state index contributed by atoms with van der Waals surface area (Å²) in [6, 6.07) is 5.49. The maximum atomic E-state index is 11.5. The van der Waals surface area contributed by atoms with Gasteiger partial charge in [-0.25, -0.2) is 4.79 Å². The van der Waals surface area contributed by atoms with Crippen LogP contribution in [0.5, 0.6) is 5.75 Å². The Kier molecular flexibility index (Phi) is 4.57. The summed E-state index contributed by atoms with van der Waals surface area (Å²) in [6.07, 6.45) is 4.10. The zero-order chi connectivity index (χ0) is 17.3. The van der Waals surface area contributed by atoms with Gasteiger partial charge in [0.2, 0.25) is 0 Å². The van der Waals surface area contributed by atoms with Crippen LogP contribution in [0.4, 0.5) is 5.69 Å². The second-order valence-corrected chi connectivity index (χ2v) is 6.19. The van der Waals surface area contributed by atoms with Gasteiger partial charge in [0.25, 0.3) is 0 Å². The zero-order valence-corrected chi connectivity index (χ0v) is 13.9. The number of pyridine rings is 1. The summed E-state index contributed by atoms with van der Waals surface area (Å²) in [7, 11) is 1.73. The highest BCUT2D eigenvalue weighted by molar-refractivity contribution is 6.06. The van der Waals surface area contributed by atoms with Crippen molar-refractivity contribution in [3.63, 3.8) is 0 Å². The van der Waals surface area contributed by atoms with Gasteiger partial charge in [0.15, 0.2) is 0 Å². The number of hydrogen-bond donors (Lipinski definition) is 2. The molecule has 6 nitrogen and oxygen atoms in total. The number of carboxylic acids is 1. The van der Waals surface area contributed by atoms with Crippen molar-refractivity contribution < 1.29 is 19.4 Å². The molecule has 6 heteroatoms. The second-order valence-electron chi connectivity index (χ2n) is 6.19. The topological polar surface area (TPSA) is 94.7 Å². The molecule has 2 aromatic rings. The number of nitrogen functional groups attached to an aromatic ring is 1. The molecule has 1 saturated carbocycles. The van der Waals surface area contributed by atoms with E-state index in [2.05, 4.69) is 4.98 Å². The number of nitrogens with two attached hydrogens (primary N) is 1. The van der Waals surface area contributed by atoms with E-state index in [1.807, 2.05) is 18.2 Å². The van der Waals surface area contributed by atoms with E-state index in [-0.39, 0.29) is 17.4 Å². The third-order valence-electron chi connectivity index (χ3n) is 4.65. The quantitative estimate of drug-likeness (QED) is 0.894. The molecule has 0 radical (unpaired) electrons. The minimum absolute atomic E-state index is 0.0432. The SMILES string of the molecule is COC1CCC(Oc2cccc3nc(C)c(C(=O)O)c(N)c23)CC1. The molecule has 1 aliphatic rings. The average molecular weight is 330 g/mol. The van der Waals surface area contributed by atoms with Gasteiger partial charge in [0.05, 0.1) is 34.5 Å². The van der Waals surface area contributed by atoms with Crippen LogP contribution >= 0.6 is 0 Å². The molecule has 3 rings (SSSR count). The standard InChI is InChI=1S/C18H22N2O4/c1-10-15(18(21)22)17(19)16-13(20-10)4-3-5-14(16)24-12-8-6-11(23-2)7-9-12/h3-5,11-12H,6-9H2,1-2H3,(H2,19,20)(H,21,22). The Bertz CT molecular complexity index is 767. The fraction of sp³-hybridized carbons (Fsp3) is 0.444. The maximum absolute atomic E-state index is 11.5. The molecule has 24 heavy (non-hydrogen) atoms. The van der Waals surface area contributed by atoms with Crippen molar-refractivity contribution in [2.24, 2.45) is 0 Å². The van der Waals surface area contributed by atoms with Gasteiger partial charge in [-0.15, -0.1) is 0 Å². The fourth-order valence-electron chi connectivity index (χ4n) is 3.37. The lowest BCUT2D eigenvalue weighted by Crippen LogP contribution is -2.27. The number of nitrogens with zero attached hydrogens (tertiary/aromatic N) is 1. The van der Waals surface area contributed by atoms with E-state index < -0.39 is 5.97 Å². The lowest BCUT2D eigenvalue weighted by Gasteiger charge is -2.28. The summed E-state index contributed by atoms with van der Waals surface area (Å²) in [5.74, 6) is -0.476. The fourth-order valence-corrected chi connectivity index (χ4v) is 3.37. The van der Waals surface area contributed by atoms with E-state index in [0.29, 0.717) is 28.5 Å². The number of ether oxygens (including phenoxy) is 2. The van der Waals surface area contributed by atoms with Crippen LogP contribution in [0, 0.1) is 6.92 Å². The summed E-state index contributed by atoms with van der Waals surface area (Å²) in [6.45, 7) is 1.65. The van der Waals surface area contributed by atoms with Gasteiger partial charge in [-0.3, -0.25) is 4.98 Å². The van der Waals surface area contributed by atoms with Crippen LogP contribution in [0.25, 0.3) is 10.9 Å². The predicted octanol–water partition coefficient (Wildman–Crippen LogP) is 3.16. The summed E-state index contributed by atoms with van der Waals surface area (Å²) >= 11 is 0. The van der Waals surface area contributed by atoms with Crippen LogP contribution in [0.3, 0.4) is 0 Å². The van der Waals surface area contributed by atoms with Gasteiger partial charge in [-0.1, -0.05) is 6.07 Å². The van der Waals surface area contributed by atoms with Crippen LogP contribution in [0.2, 0.25) is 0 Å². The number of rotatable bonds is 4. The molecular formula is C18H22N2O4. The van der Waals surface area contributed by atoms with Crippen molar-refractivity contribution >= 4 is 22.6 Å². The Morgan fingerprint density at radius 3 is 2.54 bits per heavy atom. The minimum Gasteiger partial charge on any atom is -0.490 e. The Labute approximate surface area is 140 Å². The van der Waals surface area contributed by atoms with Crippen LogP contribution in [0.1, 0.15) is 41.7 Å². The third-order valence-corrected chi connectivity index (χ3v) is 4.65. The van der Waals surface area contributed by atoms with Crippen molar-refractivity contribution in [3.05, 3.63) is 29.5 Å². The Morgan fingerprint density at radius 2 is 1.92 bits per heavy atom. The van der Waals surface area contributed by atoms with Gasteiger partial charge in [0.1, 0.15) is 11.3 Å². The average Bonchev–Trinajstić information content (AvgIpc) is 2.55. The lowest BCUT2D eigenvalue weighted by molar-refractivity contribution is 0.0332. The molecule has 1 heterocycles. The van der Waals surface area contributed by atoms with Crippen LogP contribution in [-0.2, 0) is 4.74 Å². The molecule has 1 fully saturated rings. The summed E-state index contributed by atoms with van der Waals surface area (Å²) < 4.78 is 11.5. The molecule has 0 unspecified atom stereocenters. The van der Waals surface area contributed by atoms with E-state index in [1.54, 1.807) is 14.0 Å².